The summed E-state index contributed by atoms with van der Waals surface area (Å²) in [6.45, 7) is 3.63. The van der Waals surface area contributed by atoms with E-state index in [1.807, 2.05) is 0 Å². The number of nitrogens with zero attached hydrogens (tertiary/aromatic N) is 1. The van der Waals surface area contributed by atoms with Crippen molar-refractivity contribution in [2.45, 2.75) is 6.42 Å². The first-order chi connectivity index (χ1) is 3.43. The zero-order chi connectivity index (χ0) is 5.11. The van der Waals surface area contributed by atoms with Crippen molar-refractivity contribution in [3.63, 3.8) is 0 Å². The van der Waals surface area contributed by atoms with Crippen LogP contribution in [0.4, 0.5) is 0 Å². The van der Waals surface area contributed by atoms with Crippen LogP contribution in [-0.4, -0.2) is 30.4 Å². The maximum Gasteiger partial charge on any atom is 0.0351 e. The highest BCUT2D eigenvalue weighted by molar-refractivity contribution is 6.18. The Bertz CT molecular complexity index is 54.4. The van der Waals surface area contributed by atoms with Gasteiger partial charge in [0.2, 0.25) is 0 Å². The summed E-state index contributed by atoms with van der Waals surface area (Å²) in [7, 11) is 0. The lowest BCUT2D eigenvalue weighted by molar-refractivity contribution is 0.193. The zero-order valence-corrected chi connectivity index (χ0v) is 6.34. The summed E-state index contributed by atoms with van der Waals surface area (Å²) in [5.41, 5.74) is 0. The number of hydrogen-bond donors (Lipinski definition) is 0. The molecule has 0 atom stereocenters. The van der Waals surface area contributed by atoms with Crippen LogP contribution in [-0.2, 0) is 0 Å². The van der Waals surface area contributed by atoms with Crippen LogP contribution in [0.5, 0.6) is 0 Å². The van der Waals surface area contributed by atoms with Crippen LogP contribution in [0.25, 0.3) is 0 Å². The molecule has 0 aromatic rings. The van der Waals surface area contributed by atoms with Gasteiger partial charge in [0.25, 0.3) is 0 Å². The van der Waals surface area contributed by atoms with Crippen molar-refractivity contribution in [3.05, 3.63) is 0 Å². The molecule has 1 fully saturated rings. The lowest BCUT2D eigenvalue weighted by Crippen LogP contribution is -2.38. The van der Waals surface area contributed by atoms with Gasteiger partial charge in [-0.1, -0.05) is 0 Å². The first-order valence-corrected chi connectivity index (χ1v) is 3.25. The first kappa shape index (κ1) is 8.54. The molecule has 0 unspecified atom stereocenters. The van der Waals surface area contributed by atoms with Crippen LogP contribution in [0, 0.1) is 0 Å². The van der Waals surface area contributed by atoms with E-state index >= 15 is 0 Å². The van der Waals surface area contributed by atoms with Gasteiger partial charge >= 0.3 is 0 Å². The quantitative estimate of drug-likeness (QED) is 0.545. The summed E-state index contributed by atoms with van der Waals surface area (Å²) >= 11 is 5.47. The van der Waals surface area contributed by atoms with Crippen molar-refractivity contribution in [2.75, 3.05) is 25.5 Å². The smallest absolute Gasteiger partial charge is 0.0351 e. The van der Waals surface area contributed by atoms with E-state index in [-0.39, 0.29) is 12.4 Å². The maximum absolute atomic E-state index is 5.47. The number of halogens is 2. The summed E-state index contributed by atoms with van der Waals surface area (Å²) in [6, 6.07) is 0. The number of likely N-dealkylation sites (tertiary alicyclic amines) is 1. The average molecular weight is 156 g/mol. The molecule has 0 aromatic carbocycles. The number of alkyl halides is 1. The van der Waals surface area contributed by atoms with Crippen LogP contribution in [0.1, 0.15) is 6.42 Å². The molecule has 0 aliphatic carbocycles. The fourth-order valence-corrected chi connectivity index (χ4v) is 0.964. The van der Waals surface area contributed by atoms with E-state index in [1.54, 1.807) is 0 Å². The Balaban J connectivity index is 0.000000490. The molecular weight excluding hydrogens is 145 g/mol. The summed E-state index contributed by atoms with van der Waals surface area (Å²) in [5, 5.41) is 0. The van der Waals surface area contributed by atoms with Gasteiger partial charge in [0.15, 0.2) is 0 Å². The second kappa shape index (κ2) is 4.42. The molecule has 8 heavy (non-hydrogen) atoms. The third-order valence-electron chi connectivity index (χ3n) is 1.35. The fourth-order valence-electron chi connectivity index (χ4n) is 0.725. The van der Waals surface area contributed by atoms with E-state index in [1.165, 1.54) is 19.5 Å². The Morgan fingerprint density at radius 1 is 1.38 bits per heavy atom. The van der Waals surface area contributed by atoms with Gasteiger partial charge in [-0.2, -0.15) is 0 Å². The molecule has 0 N–H and O–H groups in total. The molecule has 50 valence electrons. The van der Waals surface area contributed by atoms with Gasteiger partial charge in [0.05, 0.1) is 0 Å². The minimum atomic E-state index is 0. The van der Waals surface area contributed by atoms with Crippen LogP contribution in [0.15, 0.2) is 0 Å². The third-order valence-corrected chi connectivity index (χ3v) is 1.52. The van der Waals surface area contributed by atoms with E-state index in [0.29, 0.717) is 0 Å². The topological polar surface area (TPSA) is 3.24 Å². The van der Waals surface area contributed by atoms with Crippen molar-refractivity contribution in [1.29, 1.82) is 0 Å². The van der Waals surface area contributed by atoms with Gasteiger partial charge in [0.1, 0.15) is 0 Å². The Kier molecular flexibility index (Phi) is 4.72. The molecule has 1 nitrogen and oxygen atoms in total. The highest BCUT2D eigenvalue weighted by Gasteiger charge is 2.10. The molecule has 1 aliphatic rings. The van der Waals surface area contributed by atoms with Crippen LogP contribution in [0.2, 0.25) is 0 Å². The summed E-state index contributed by atoms with van der Waals surface area (Å²) in [6.07, 6.45) is 1.37. The van der Waals surface area contributed by atoms with Crippen molar-refractivity contribution < 1.29 is 0 Å². The lowest BCUT2D eigenvalue weighted by Gasteiger charge is -2.29. The van der Waals surface area contributed by atoms with E-state index in [0.717, 1.165) is 12.4 Å². The monoisotopic (exact) mass is 155 g/mol. The maximum atomic E-state index is 5.47. The average Bonchev–Trinajstić information content (AvgIpc) is 1.55. The summed E-state index contributed by atoms with van der Waals surface area (Å²) < 4.78 is 0. The molecule has 0 radical (unpaired) electrons. The van der Waals surface area contributed by atoms with Gasteiger partial charge in [-0.25, -0.2) is 0 Å². The molecule has 1 aliphatic heterocycles. The number of rotatable bonds is 2. The second-order valence-corrected chi connectivity index (χ2v) is 2.26. The normalized spacial score (nSPS) is 19.1. The van der Waals surface area contributed by atoms with Crippen LogP contribution in [0.3, 0.4) is 0 Å². The minimum absolute atomic E-state index is 0. The SMILES string of the molecule is Cl.ClCCN1CCC1. The molecule has 0 spiro atoms. The van der Waals surface area contributed by atoms with E-state index < -0.39 is 0 Å². The molecule has 3 heteroatoms. The first-order valence-electron chi connectivity index (χ1n) is 2.72. The Labute approximate surface area is 61.4 Å². The summed E-state index contributed by atoms with van der Waals surface area (Å²) in [4.78, 5) is 2.35. The highest BCUT2D eigenvalue weighted by atomic mass is 35.5. The lowest BCUT2D eigenvalue weighted by atomic mass is 10.2. The molecule has 0 amide bonds. The van der Waals surface area contributed by atoms with Crippen molar-refractivity contribution >= 4 is 24.0 Å². The predicted molar refractivity (Wildman–Crippen MR) is 39.0 cm³/mol. The molecular formula is C5H11Cl2N. The molecule has 0 aromatic heterocycles. The molecule has 1 rings (SSSR count). The van der Waals surface area contributed by atoms with Crippen LogP contribution >= 0.6 is 24.0 Å². The number of hydrogen-bond acceptors (Lipinski definition) is 1. The largest absolute Gasteiger partial charge is 0.302 e. The van der Waals surface area contributed by atoms with Gasteiger partial charge in [0, 0.05) is 12.4 Å². The molecule has 1 saturated heterocycles. The van der Waals surface area contributed by atoms with Crippen molar-refractivity contribution in [1.82, 2.24) is 4.90 Å². The zero-order valence-electron chi connectivity index (χ0n) is 4.77. The summed E-state index contributed by atoms with van der Waals surface area (Å²) in [5.74, 6) is 0.792. The Morgan fingerprint density at radius 2 is 2.00 bits per heavy atom. The van der Waals surface area contributed by atoms with Crippen molar-refractivity contribution in [2.24, 2.45) is 0 Å². The molecule has 1 heterocycles. The highest BCUT2D eigenvalue weighted by Crippen LogP contribution is 2.03. The Morgan fingerprint density at radius 3 is 2.12 bits per heavy atom. The fraction of sp³-hybridized carbons (Fsp3) is 1.00. The van der Waals surface area contributed by atoms with E-state index in [4.69, 9.17) is 11.6 Å². The van der Waals surface area contributed by atoms with Gasteiger partial charge in [-0.15, -0.1) is 24.0 Å². The third kappa shape index (κ3) is 2.21. The van der Waals surface area contributed by atoms with Crippen molar-refractivity contribution in [3.8, 4) is 0 Å². The van der Waals surface area contributed by atoms with Gasteiger partial charge < -0.3 is 4.90 Å². The Hall–Kier alpha value is 0.540. The van der Waals surface area contributed by atoms with Gasteiger partial charge in [-0.3, -0.25) is 0 Å². The van der Waals surface area contributed by atoms with Crippen LogP contribution < -0.4 is 0 Å². The minimum Gasteiger partial charge on any atom is -0.302 e. The van der Waals surface area contributed by atoms with E-state index in [2.05, 4.69) is 4.90 Å². The molecule has 0 bridgehead atoms. The second-order valence-electron chi connectivity index (χ2n) is 1.88. The predicted octanol–water partition coefficient (Wildman–Crippen LogP) is 1.35. The van der Waals surface area contributed by atoms with E-state index in [9.17, 15) is 0 Å². The standard InChI is InChI=1S/C5H10ClN.ClH/c6-2-5-7-3-1-4-7;/h1-5H2;1H. The van der Waals surface area contributed by atoms with Gasteiger partial charge in [-0.05, 0) is 19.5 Å². The molecule has 0 saturated carbocycles.